The predicted molar refractivity (Wildman–Crippen MR) is 61.4 cm³/mol. The average molecular weight is 255 g/mol. The van der Waals surface area contributed by atoms with Crippen LogP contribution in [-0.2, 0) is 14.6 Å². The summed E-state index contributed by atoms with van der Waals surface area (Å²) in [5.74, 6) is -1.94. The first kappa shape index (κ1) is 12.1. The fourth-order valence-corrected chi connectivity index (χ4v) is 3.88. The van der Waals surface area contributed by atoms with E-state index in [-0.39, 0.29) is 18.0 Å². The van der Waals surface area contributed by atoms with Crippen molar-refractivity contribution < 1.29 is 18.3 Å². The highest BCUT2D eigenvalue weighted by Gasteiger charge is 2.42. The SMILES string of the molecule is O=C(O)[C@H]1CNC[C@@H]1S(=O)(=O)c1ccccc1. The van der Waals surface area contributed by atoms with Crippen molar-refractivity contribution in [2.45, 2.75) is 10.1 Å². The molecule has 0 aromatic heterocycles. The molecule has 17 heavy (non-hydrogen) atoms. The van der Waals surface area contributed by atoms with E-state index >= 15 is 0 Å². The van der Waals surface area contributed by atoms with Gasteiger partial charge in [-0.15, -0.1) is 0 Å². The second-order valence-corrected chi connectivity index (χ2v) is 6.17. The zero-order valence-corrected chi connectivity index (χ0v) is 9.85. The molecule has 1 aromatic rings. The fraction of sp³-hybridized carbons (Fsp3) is 0.364. The van der Waals surface area contributed by atoms with Crippen LogP contribution in [0, 0.1) is 5.92 Å². The Morgan fingerprint density at radius 3 is 2.47 bits per heavy atom. The molecule has 2 rings (SSSR count). The predicted octanol–water partition coefficient (Wildman–Crippen LogP) is 0.133. The molecule has 92 valence electrons. The zero-order chi connectivity index (χ0) is 12.5. The van der Waals surface area contributed by atoms with Crippen LogP contribution in [0.15, 0.2) is 35.2 Å². The van der Waals surface area contributed by atoms with Crippen LogP contribution in [0.5, 0.6) is 0 Å². The van der Waals surface area contributed by atoms with Crippen LogP contribution < -0.4 is 5.32 Å². The minimum atomic E-state index is -3.58. The van der Waals surface area contributed by atoms with Crippen LogP contribution in [0.25, 0.3) is 0 Å². The van der Waals surface area contributed by atoms with E-state index in [1.165, 1.54) is 12.1 Å². The molecular formula is C11H13NO4S. The molecule has 1 heterocycles. The highest BCUT2D eigenvalue weighted by Crippen LogP contribution is 2.24. The zero-order valence-electron chi connectivity index (χ0n) is 9.04. The summed E-state index contributed by atoms with van der Waals surface area (Å²) in [5.41, 5.74) is 0. The van der Waals surface area contributed by atoms with Gasteiger partial charge in [0.1, 0.15) is 0 Å². The molecular weight excluding hydrogens is 242 g/mol. The van der Waals surface area contributed by atoms with Crippen LogP contribution >= 0.6 is 0 Å². The molecule has 0 bridgehead atoms. The first-order valence-electron chi connectivity index (χ1n) is 5.26. The van der Waals surface area contributed by atoms with Gasteiger partial charge in [0.25, 0.3) is 0 Å². The summed E-state index contributed by atoms with van der Waals surface area (Å²) in [7, 11) is -3.58. The van der Waals surface area contributed by atoms with Gasteiger partial charge in [0.2, 0.25) is 0 Å². The Balaban J connectivity index is 2.37. The van der Waals surface area contributed by atoms with E-state index in [4.69, 9.17) is 5.11 Å². The molecule has 6 heteroatoms. The Labute approximate surface area is 99.4 Å². The molecule has 0 aliphatic carbocycles. The maximum absolute atomic E-state index is 12.2. The van der Waals surface area contributed by atoms with Gasteiger partial charge in [0, 0.05) is 13.1 Å². The van der Waals surface area contributed by atoms with Gasteiger partial charge in [-0.2, -0.15) is 0 Å². The van der Waals surface area contributed by atoms with E-state index in [0.717, 1.165) is 0 Å². The van der Waals surface area contributed by atoms with Gasteiger partial charge < -0.3 is 10.4 Å². The minimum Gasteiger partial charge on any atom is -0.481 e. The van der Waals surface area contributed by atoms with Crippen LogP contribution in [0.2, 0.25) is 0 Å². The van der Waals surface area contributed by atoms with Crippen molar-refractivity contribution in [3.63, 3.8) is 0 Å². The lowest BCUT2D eigenvalue weighted by Crippen LogP contribution is -2.33. The van der Waals surface area contributed by atoms with Crippen molar-refractivity contribution in [3.8, 4) is 0 Å². The molecule has 0 amide bonds. The lowest BCUT2D eigenvalue weighted by molar-refractivity contribution is -0.140. The lowest BCUT2D eigenvalue weighted by atomic mass is 10.1. The van der Waals surface area contributed by atoms with Gasteiger partial charge in [-0.3, -0.25) is 4.79 Å². The number of aliphatic carboxylic acids is 1. The third-order valence-corrected chi connectivity index (χ3v) is 5.17. The highest BCUT2D eigenvalue weighted by molar-refractivity contribution is 7.92. The standard InChI is InChI=1S/C11H13NO4S/c13-11(14)9-6-12-7-10(9)17(15,16)8-4-2-1-3-5-8/h1-5,9-10,12H,6-7H2,(H,13,14)/t9-,10-/m0/s1. The fourth-order valence-electron chi connectivity index (χ4n) is 2.01. The van der Waals surface area contributed by atoms with Crippen LogP contribution in [-0.4, -0.2) is 37.8 Å². The van der Waals surface area contributed by atoms with E-state index in [9.17, 15) is 13.2 Å². The molecule has 2 N–H and O–H groups in total. The molecule has 2 atom stereocenters. The number of hydrogen-bond acceptors (Lipinski definition) is 4. The van der Waals surface area contributed by atoms with E-state index in [0.29, 0.717) is 0 Å². The van der Waals surface area contributed by atoms with Gasteiger partial charge in [0.05, 0.1) is 16.1 Å². The lowest BCUT2D eigenvalue weighted by Gasteiger charge is -2.15. The topological polar surface area (TPSA) is 83.5 Å². The molecule has 0 unspecified atom stereocenters. The number of carboxylic acid groups (broad SMARTS) is 1. The smallest absolute Gasteiger partial charge is 0.309 e. The maximum atomic E-state index is 12.2. The quantitative estimate of drug-likeness (QED) is 0.802. The number of carbonyl (C=O) groups is 1. The largest absolute Gasteiger partial charge is 0.481 e. The van der Waals surface area contributed by atoms with Crippen LogP contribution in [0.1, 0.15) is 0 Å². The number of sulfone groups is 1. The Bertz CT molecular complexity index is 512. The number of hydrogen-bond donors (Lipinski definition) is 2. The van der Waals surface area contributed by atoms with Crippen molar-refractivity contribution in [2.24, 2.45) is 5.92 Å². The van der Waals surface area contributed by atoms with Crippen molar-refractivity contribution in [2.75, 3.05) is 13.1 Å². The highest BCUT2D eigenvalue weighted by atomic mass is 32.2. The second kappa shape index (κ2) is 4.46. The molecule has 0 saturated carbocycles. The summed E-state index contributed by atoms with van der Waals surface area (Å²) in [5, 5.41) is 10.9. The van der Waals surface area contributed by atoms with Gasteiger partial charge in [-0.25, -0.2) is 8.42 Å². The van der Waals surface area contributed by atoms with Gasteiger partial charge >= 0.3 is 5.97 Å². The summed E-state index contributed by atoms with van der Waals surface area (Å²) in [6.07, 6.45) is 0. The average Bonchev–Trinajstić information content (AvgIpc) is 2.80. The summed E-state index contributed by atoms with van der Waals surface area (Å²) >= 11 is 0. The third-order valence-electron chi connectivity index (χ3n) is 2.95. The van der Waals surface area contributed by atoms with E-state index in [1.54, 1.807) is 18.2 Å². The van der Waals surface area contributed by atoms with Gasteiger partial charge in [-0.05, 0) is 12.1 Å². The summed E-state index contributed by atoms with van der Waals surface area (Å²) in [6, 6.07) is 7.97. The molecule has 1 fully saturated rings. The monoisotopic (exact) mass is 255 g/mol. The van der Waals surface area contributed by atoms with E-state index < -0.39 is 27.0 Å². The first-order valence-corrected chi connectivity index (χ1v) is 6.80. The maximum Gasteiger partial charge on any atom is 0.309 e. The van der Waals surface area contributed by atoms with Crippen LogP contribution in [0.4, 0.5) is 0 Å². The number of benzene rings is 1. The molecule has 1 aliphatic rings. The summed E-state index contributed by atoms with van der Waals surface area (Å²) in [6.45, 7) is 0.389. The van der Waals surface area contributed by atoms with Crippen molar-refractivity contribution in [3.05, 3.63) is 30.3 Å². The first-order chi connectivity index (χ1) is 8.03. The van der Waals surface area contributed by atoms with Crippen molar-refractivity contribution in [1.82, 2.24) is 5.32 Å². The number of rotatable bonds is 3. The summed E-state index contributed by atoms with van der Waals surface area (Å²) < 4.78 is 24.5. The Kier molecular flexibility index (Phi) is 3.17. The molecule has 1 saturated heterocycles. The van der Waals surface area contributed by atoms with E-state index in [1.807, 2.05) is 0 Å². The Morgan fingerprint density at radius 2 is 1.88 bits per heavy atom. The van der Waals surface area contributed by atoms with Crippen LogP contribution in [0.3, 0.4) is 0 Å². The number of nitrogens with one attached hydrogen (secondary N) is 1. The van der Waals surface area contributed by atoms with E-state index in [2.05, 4.69) is 5.32 Å². The van der Waals surface area contributed by atoms with Crippen molar-refractivity contribution in [1.29, 1.82) is 0 Å². The third kappa shape index (κ3) is 2.18. The molecule has 1 aromatic carbocycles. The normalized spacial score (nSPS) is 24.7. The molecule has 5 nitrogen and oxygen atoms in total. The molecule has 0 spiro atoms. The second-order valence-electron chi connectivity index (χ2n) is 4.00. The van der Waals surface area contributed by atoms with Gasteiger partial charge in [-0.1, -0.05) is 18.2 Å². The van der Waals surface area contributed by atoms with Gasteiger partial charge in [0.15, 0.2) is 9.84 Å². The molecule has 0 radical (unpaired) electrons. The Hall–Kier alpha value is -1.40. The minimum absolute atomic E-state index is 0.181. The molecule has 1 aliphatic heterocycles. The summed E-state index contributed by atoms with van der Waals surface area (Å²) in [4.78, 5) is 11.2. The van der Waals surface area contributed by atoms with Crippen molar-refractivity contribution >= 4 is 15.8 Å². The number of carboxylic acids is 1. The Morgan fingerprint density at radius 1 is 1.24 bits per heavy atom.